The summed E-state index contributed by atoms with van der Waals surface area (Å²) in [6.45, 7) is 5.65. The molecule has 3 rings (SSSR count). The van der Waals surface area contributed by atoms with Crippen molar-refractivity contribution in [1.82, 2.24) is 14.7 Å². The van der Waals surface area contributed by atoms with Gasteiger partial charge >= 0.3 is 0 Å². The maximum Gasteiger partial charge on any atom is 0.121 e. The first-order valence-electron chi connectivity index (χ1n) is 7.97. The summed E-state index contributed by atoms with van der Waals surface area (Å²) in [5.41, 5.74) is 3.34. The smallest absolute Gasteiger partial charge is 0.121 e. The Morgan fingerprint density at radius 1 is 1.21 bits per heavy atom. The van der Waals surface area contributed by atoms with Gasteiger partial charge in [-0.25, -0.2) is 4.68 Å². The predicted octanol–water partition coefficient (Wildman–Crippen LogP) is 3.72. The molecule has 0 aliphatic heterocycles. The van der Waals surface area contributed by atoms with Crippen molar-refractivity contribution in [3.63, 3.8) is 0 Å². The number of hydrogen-bond donors (Lipinski definition) is 0. The second-order valence-corrected chi connectivity index (χ2v) is 6.12. The van der Waals surface area contributed by atoms with E-state index in [1.807, 2.05) is 48.3 Å². The Bertz CT molecular complexity index is 800. The molecular weight excluding hydrogens is 302 g/mol. The van der Waals surface area contributed by atoms with Crippen molar-refractivity contribution in [2.24, 2.45) is 0 Å². The number of benzene rings is 1. The number of methoxy groups -OCH3 is 1. The number of aromatic nitrogens is 2. The Kier molecular flexibility index (Phi) is 4.71. The van der Waals surface area contributed by atoms with E-state index >= 15 is 0 Å². The van der Waals surface area contributed by atoms with Gasteiger partial charge in [-0.1, -0.05) is 6.07 Å². The lowest BCUT2D eigenvalue weighted by Gasteiger charge is -2.13. The monoisotopic (exact) mass is 325 g/mol. The van der Waals surface area contributed by atoms with Crippen LogP contribution in [0.25, 0.3) is 5.69 Å². The van der Waals surface area contributed by atoms with Crippen LogP contribution in [0.15, 0.2) is 47.1 Å². The van der Waals surface area contributed by atoms with Crippen LogP contribution in [0.5, 0.6) is 5.75 Å². The molecule has 5 heteroatoms. The van der Waals surface area contributed by atoms with Crippen LogP contribution in [0.3, 0.4) is 0 Å². The highest BCUT2D eigenvalue weighted by molar-refractivity contribution is 5.38. The van der Waals surface area contributed by atoms with Gasteiger partial charge in [-0.3, -0.25) is 4.90 Å². The summed E-state index contributed by atoms with van der Waals surface area (Å²) in [7, 11) is 3.75. The van der Waals surface area contributed by atoms with Crippen molar-refractivity contribution < 1.29 is 9.15 Å². The molecule has 0 unspecified atom stereocenters. The molecule has 0 saturated carbocycles. The molecule has 0 bridgehead atoms. The van der Waals surface area contributed by atoms with Gasteiger partial charge in [-0.2, -0.15) is 5.10 Å². The molecule has 1 aromatic carbocycles. The van der Waals surface area contributed by atoms with Crippen LogP contribution in [0, 0.1) is 13.8 Å². The fourth-order valence-electron chi connectivity index (χ4n) is 2.70. The van der Waals surface area contributed by atoms with E-state index in [1.54, 1.807) is 7.11 Å². The molecule has 0 N–H and O–H groups in total. The van der Waals surface area contributed by atoms with Crippen LogP contribution in [-0.4, -0.2) is 28.8 Å². The molecule has 0 fully saturated rings. The van der Waals surface area contributed by atoms with E-state index in [1.165, 1.54) is 5.56 Å². The zero-order valence-corrected chi connectivity index (χ0v) is 14.6. The predicted molar refractivity (Wildman–Crippen MR) is 93.5 cm³/mol. The van der Waals surface area contributed by atoms with E-state index < -0.39 is 0 Å². The van der Waals surface area contributed by atoms with Crippen molar-refractivity contribution in [1.29, 1.82) is 0 Å². The first kappa shape index (κ1) is 16.3. The number of furan rings is 1. The first-order chi connectivity index (χ1) is 11.5. The molecule has 2 aromatic heterocycles. The fourth-order valence-corrected chi connectivity index (χ4v) is 2.70. The van der Waals surface area contributed by atoms with Crippen molar-refractivity contribution in [3.8, 4) is 11.4 Å². The van der Waals surface area contributed by atoms with Crippen LogP contribution in [0.1, 0.15) is 22.6 Å². The summed E-state index contributed by atoms with van der Waals surface area (Å²) in [5, 5.41) is 4.45. The Morgan fingerprint density at radius 3 is 2.75 bits per heavy atom. The Balaban J connectivity index is 1.66. The van der Waals surface area contributed by atoms with E-state index in [9.17, 15) is 0 Å². The van der Waals surface area contributed by atoms with Crippen LogP contribution < -0.4 is 4.74 Å². The van der Waals surface area contributed by atoms with Crippen LogP contribution in [0.2, 0.25) is 0 Å². The minimum atomic E-state index is 0.777. The quantitative estimate of drug-likeness (QED) is 0.693. The molecule has 3 aromatic rings. The Labute approximate surface area is 142 Å². The molecule has 0 amide bonds. The number of rotatable bonds is 6. The summed E-state index contributed by atoms with van der Waals surface area (Å²) < 4.78 is 12.9. The Hall–Kier alpha value is -2.53. The van der Waals surface area contributed by atoms with Gasteiger partial charge in [0.25, 0.3) is 0 Å². The van der Waals surface area contributed by atoms with Crippen LogP contribution >= 0.6 is 0 Å². The second kappa shape index (κ2) is 6.93. The minimum absolute atomic E-state index is 0.777. The zero-order chi connectivity index (χ0) is 17.1. The third-order valence-corrected chi connectivity index (χ3v) is 4.05. The standard InChI is InChI=1S/C19H23N3O2/c1-14-8-19(24-15(14)2)13-21(3)11-16-10-20-22(12-16)17-6-5-7-18(9-17)23-4/h5-10,12H,11,13H2,1-4H3. The number of nitrogens with zero attached hydrogens (tertiary/aromatic N) is 3. The maximum absolute atomic E-state index is 5.75. The van der Waals surface area contributed by atoms with Crippen molar-refractivity contribution in [2.45, 2.75) is 26.9 Å². The van der Waals surface area contributed by atoms with E-state index in [-0.39, 0.29) is 0 Å². The van der Waals surface area contributed by atoms with Gasteiger partial charge in [0.1, 0.15) is 17.3 Å². The fraction of sp³-hybridized carbons (Fsp3) is 0.316. The first-order valence-corrected chi connectivity index (χ1v) is 7.97. The normalized spacial score (nSPS) is 11.2. The molecule has 0 atom stereocenters. The number of aryl methyl sites for hydroxylation is 2. The van der Waals surface area contributed by atoms with Gasteiger partial charge < -0.3 is 9.15 Å². The SMILES string of the molecule is COc1cccc(-n2cc(CN(C)Cc3cc(C)c(C)o3)cn2)c1. The van der Waals surface area contributed by atoms with Gasteiger partial charge in [-0.15, -0.1) is 0 Å². The average Bonchev–Trinajstić information content (AvgIpc) is 3.14. The molecule has 2 heterocycles. The maximum atomic E-state index is 5.75. The topological polar surface area (TPSA) is 43.4 Å². The molecular formula is C19H23N3O2. The van der Waals surface area contributed by atoms with Crippen molar-refractivity contribution in [2.75, 3.05) is 14.2 Å². The van der Waals surface area contributed by atoms with Gasteiger partial charge in [0.2, 0.25) is 0 Å². The lowest BCUT2D eigenvalue weighted by atomic mass is 10.2. The van der Waals surface area contributed by atoms with E-state index in [2.05, 4.69) is 30.0 Å². The van der Waals surface area contributed by atoms with Gasteiger partial charge in [0.15, 0.2) is 0 Å². The average molecular weight is 325 g/mol. The van der Waals surface area contributed by atoms with Crippen molar-refractivity contribution >= 4 is 0 Å². The summed E-state index contributed by atoms with van der Waals surface area (Å²) in [6.07, 6.45) is 3.94. The van der Waals surface area contributed by atoms with Gasteiger partial charge in [-0.05, 0) is 44.7 Å². The largest absolute Gasteiger partial charge is 0.497 e. The summed E-state index contributed by atoms with van der Waals surface area (Å²) in [5.74, 6) is 2.81. The molecule has 5 nitrogen and oxygen atoms in total. The number of ether oxygens (including phenoxy) is 1. The van der Waals surface area contributed by atoms with Gasteiger partial charge in [0, 0.05) is 24.4 Å². The minimum Gasteiger partial charge on any atom is -0.497 e. The third-order valence-electron chi connectivity index (χ3n) is 4.05. The molecule has 0 radical (unpaired) electrons. The molecule has 24 heavy (non-hydrogen) atoms. The van der Waals surface area contributed by atoms with Crippen LogP contribution in [-0.2, 0) is 13.1 Å². The van der Waals surface area contributed by atoms with E-state index in [4.69, 9.17) is 9.15 Å². The lowest BCUT2D eigenvalue weighted by molar-refractivity contribution is 0.285. The van der Waals surface area contributed by atoms with Gasteiger partial charge in [0.05, 0.1) is 25.5 Å². The summed E-state index contributed by atoms with van der Waals surface area (Å²) in [6, 6.07) is 9.97. The highest BCUT2D eigenvalue weighted by atomic mass is 16.5. The van der Waals surface area contributed by atoms with E-state index in [0.29, 0.717) is 0 Å². The third kappa shape index (κ3) is 3.68. The molecule has 126 valence electrons. The highest BCUT2D eigenvalue weighted by Crippen LogP contribution is 2.18. The highest BCUT2D eigenvalue weighted by Gasteiger charge is 2.09. The van der Waals surface area contributed by atoms with E-state index in [0.717, 1.165) is 41.6 Å². The summed E-state index contributed by atoms with van der Waals surface area (Å²) >= 11 is 0. The molecule has 0 aliphatic rings. The summed E-state index contributed by atoms with van der Waals surface area (Å²) in [4.78, 5) is 2.21. The molecule has 0 spiro atoms. The zero-order valence-electron chi connectivity index (χ0n) is 14.6. The molecule has 0 aliphatic carbocycles. The Morgan fingerprint density at radius 2 is 2.04 bits per heavy atom. The van der Waals surface area contributed by atoms with Crippen molar-refractivity contribution in [3.05, 3.63) is 65.4 Å². The second-order valence-electron chi connectivity index (χ2n) is 6.12. The molecule has 0 saturated heterocycles. The van der Waals surface area contributed by atoms with Crippen LogP contribution in [0.4, 0.5) is 0 Å². The lowest BCUT2D eigenvalue weighted by Crippen LogP contribution is -2.16. The number of hydrogen-bond acceptors (Lipinski definition) is 4.